The number of guanidine groups is 1. The first-order chi connectivity index (χ1) is 5.18. The Balaban J connectivity index is 2.91. The third-order valence-electron chi connectivity index (χ3n) is 0.970. The molecule has 0 aromatic carbocycles. The Morgan fingerprint density at radius 1 is 1.45 bits per heavy atom. The summed E-state index contributed by atoms with van der Waals surface area (Å²) in [6.45, 7) is 0. The van der Waals surface area contributed by atoms with E-state index in [1.54, 1.807) is 12.1 Å². The second-order valence-electron chi connectivity index (χ2n) is 1.88. The van der Waals surface area contributed by atoms with Crippen molar-refractivity contribution >= 4 is 23.2 Å². The Kier molecular flexibility index (Phi) is 2.28. The molecule has 0 atom stereocenters. The van der Waals surface area contributed by atoms with Gasteiger partial charge in [-0.05, 0) is 12.1 Å². The van der Waals surface area contributed by atoms with Crippen LogP contribution in [0.2, 0.25) is 5.15 Å². The van der Waals surface area contributed by atoms with E-state index in [1.165, 1.54) is 6.20 Å². The van der Waals surface area contributed by atoms with Crippen molar-refractivity contribution in [3.05, 3.63) is 23.5 Å². The molecule has 0 radical (unpaired) electrons. The van der Waals surface area contributed by atoms with E-state index < -0.39 is 0 Å². The number of halogens is 1. The van der Waals surface area contributed by atoms with Gasteiger partial charge in [0.1, 0.15) is 5.15 Å². The zero-order chi connectivity index (χ0) is 8.27. The summed E-state index contributed by atoms with van der Waals surface area (Å²) in [5.41, 5.74) is 10.9. The maximum Gasteiger partial charge on any atom is 0.191 e. The highest BCUT2D eigenvalue weighted by molar-refractivity contribution is 6.29. The highest BCUT2D eigenvalue weighted by Gasteiger charge is 1.90. The van der Waals surface area contributed by atoms with Crippen molar-refractivity contribution in [1.82, 2.24) is 4.98 Å². The van der Waals surface area contributed by atoms with Gasteiger partial charge >= 0.3 is 0 Å². The van der Waals surface area contributed by atoms with Crippen LogP contribution in [0.1, 0.15) is 0 Å². The molecule has 1 rings (SSSR count). The van der Waals surface area contributed by atoms with Crippen LogP contribution in [-0.2, 0) is 0 Å². The van der Waals surface area contributed by atoms with Crippen molar-refractivity contribution in [2.45, 2.75) is 0 Å². The molecule has 1 heterocycles. The zero-order valence-electron chi connectivity index (χ0n) is 5.66. The van der Waals surface area contributed by atoms with Crippen LogP contribution in [0.3, 0.4) is 0 Å². The van der Waals surface area contributed by atoms with Crippen LogP contribution < -0.4 is 11.5 Å². The minimum absolute atomic E-state index is 0.00845. The summed E-state index contributed by atoms with van der Waals surface area (Å²) in [5, 5.41) is 0.416. The molecule has 0 unspecified atom stereocenters. The predicted molar refractivity (Wildman–Crippen MR) is 44.7 cm³/mol. The SMILES string of the molecule is NC(N)=Nc1ccc(Cl)nc1. The normalized spacial score (nSPS) is 9.18. The van der Waals surface area contributed by atoms with Gasteiger partial charge in [0.15, 0.2) is 5.96 Å². The predicted octanol–water partition coefficient (Wildman–Crippen LogP) is 0.640. The first kappa shape index (κ1) is 7.81. The van der Waals surface area contributed by atoms with Gasteiger partial charge in [-0.2, -0.15) is 0 Å². The quantitative estimate of drug-likeness (QED) is 0.369. The second kappa shape index (κ2) is 3.21. The molecule has 0 bridgehead atoms. The Bertz CT molecular complexity index is 262. The largest absolute Gasteiger partial charge is 0.370 e. The van der Waals surface area contributed by atoms with Crippen LogP contribution in [-0.4, -0.2) is 10.9 Å². The van der Waals surface area contributed by atoms with Crippen LogP contribution in [0.4, 0.5) is 5.69 Å². The lowest BCUT2D eigenvalue weighted by Crippen LogP contribution is -2.21. The molecule has 1 aromatic heterocycles. The number of nitrogens with zero attached hydrogens (tertiary/aromatic N) is 2. The molecule has 0 aliphatic rings. The fourth-order valence-electron chi connectivity index (χ4n) is 0.583. The van der Waals surface area contributed by atoms with E-state index in [0.29, 0.717) is 10.8 Å². The van der Waals surface area contributed by atoms with E-state index >= 15 is 0 Å². The third-order valence-corrected chi connectivity index (χ3v) is 1.19. The molecular formula is C6H7ClN4. The van der Waals surface area contributed by atoms with Crippen molar-refractivity contribution < 1.29 is 0 Å². The Labute approximate surface area is 68.9 Å². The molecule has 0 saturated carbocycles. The molecule has 58 valence electrons. The summed E-state index contributed by atoms with van der Waals surface area (Å²) in [5.74, 6) is 0.00845. The van der Waals surface area contributed by atoms with Crippen molar-refractivity contribution in [2.75, 3.05) is 0 Å². The number of hydrogen-bond donors (Lipinski definition) is 2. The minimum atomic E-state index is 0.00845. The van der Waals surface area contributed by atoms with Gasteiger partial charge in [0, 0.05) is 0 Å². The van der Waals surface area contributed by atoms with Gasteiger partial charge in [-0.25, -0.2) is 9.98 Å². The molecule has 5 heteroatoms. The van der Waals surface area contributed by atoms with Crippen molar-refractivity contribution in [2.24, 2.45) is 16.5 Å². The second-order valence-corrected chi connectivity index (χ2v) is 2.26. The van der Waals surface area contributed by atoms with Crippen LogP contribution in [0.5, 0.6) is 0 Å². The number of nitrogens with two attached hydrogens (primary N) is 2. The molecule has 0 aliphatic heterocycles. The molecule has 4 nitrogen and oxygen atoms in total. The molecule has 11 heavy (non-hydrogen) atoms. The molecule has 0 amide bonds. The van der Waals surface area contributed by atoms with E-state index in [0.717, 1.165) is 0 Å². The van der Waals surface area contributed by atoms with Gasteiger partial charge in [-0.1, -0.05) is 11.6 Å². The van der Waals surface area contributed by atoms with Crippen molar-refractivity contribution in [1.29, 1.82) is 0 Å². The van der Waals surface area contributed by atoms with E-state index in [9.17, 15) is 0 Å². The smallest absolute Gasteiger partial charge is 0.191 e. The lowest BCUT2D eigenvalue weighted by atomic mass is 10.4. The first-order valence-electron chi connectivity index (χ1n) is 2.89. The first-order valence-corrected chi connectivity index (χ1v) is 3.27. The average molecular weight is 171 g/mol. The highest BCUT2D eigenvalue weighted by atomic mass is 35.5. The summed E-state index contributed by atoms with van der Waals surface area (Å²) in [4.78, 5) is 7.53. The molecular weight excluding hydrogens is 164 g/mol. The van der Waals surface area contributed by atoms with Gasteiger partial charge in [-0.3, -0.25) is 0 Å². The maximum absolute atomic E-state index is 5.53. The summed E-state index contributed by atoms with van der Waals surface area (Å²) in [6.07, 6.45) is 1.49. The van der Waals surface area contributed by atoms with E-state index in [1.807, 2.05) is 0 Å². The zero-order valence-corrected chi connectivity index (χ0v) is 6.42. The fourth-order valence-corrected chi connectivity index (χ4v) is 0.695. The molecule has 0 spiro atoms. The van der Waals surface area contributed by atoms with Crippen molar-refractivity contribution in [3.8, 4) is 0 Å². The number of aromatic nitrogens is 1. The summed E-state index contributed by atoms with van der Waals surface area (Å²) >= 11 is 5.53. The Morgan fingerprint density at radius 3 is 2.64 bits per heavy atom. The topological polar surface area (TPSA) is 77.3 Å². The average Bonchev–Trinajstić information content (AvgIpc) is 1.93. The molecule has 0 aliphatic carbocycles. The Morgan fingerprint density at radius 2 is 2.18 bits per heavy atom. The van der Waals surface area contributed by atoms with Gasteiger partial charge in [0.2, 0.25) is 0 Å². The summed E-state index contributed by atoms with van der Waals surface area (Å²) < 4.78 is 0. The van der Waals surface area contributed by atoms with Crippen LogP contribution in [0.15, 0.2) is 23.3 Å². The van der Waals surface area contributed by atoms with Gasteiger partial charge < -0.3 is 11.5 Å². The summed E-state index contributed by atoms with van der Waals surface area (Å²) in [6, 6.07) is 3.29. The van der Waals surface area contributed by atoms with E-state index in [2.05, 4.69) is 9.98 Å². The van der Waals surface area contributed by atoms with Gasteiger partial charge in [0.25, 0.3) is 0 Å². The number of aliphatic imine (C=N–C) groups is 1. The number of hydrogen-bond acceptors (Lipinski definition) is 2. The minimum Gasteiger partial charge on any atom is -0.370 e. The number of rotatable bonds is 1. The highest BCUT2D eigenvalue weighted by Crippen LogP contribution is 2.11. The lowest BCUT2D eigenvalue weighted by molar-refractivity contribution is 1.29. The Hall–Kier alpha value is -1.29. The van der Waals surface area contributed by atoms with Crippen LogP contribution in [0.25, 0.3) is 0 Å². The molecule has 0 fully saturated rings. The third kappa shape index (κ3) is 2.43. The van der Waals surface area contributed by atoms with Crippen LogP contribution in [0, 0.1) is 0 Å². The maximum atomic E-state index is 5.53. The monoisotopic (exact) mass is 170 g/mol. The van der Waals surface area contributed by atoms with Gasteiger partial charge in [0.05, 0.1) is 11.9 Å². The van der Waals surface area contributed by atoms with E-state index in [4.69, 9.17) is 23.1 Å². The van der Waals surface area contributed by atoms with Crippen LogP contribution >= 0.6 is 11.6 Å². The van der Waals surface area contributed by atoms with E-state index in [-0.39, 0.29) is 5.96 Å². The summed E-state index contributed by atoms with van der Waals surface area (Å²) in [7, 11) is 0. The van der Waals surface area contributed by atoms with Gasteiger partial charge in [-0.15, -0.1) is 0 Å². The molecule has 0 saturated heterocycles. The lowest BCUT2D eigenvalue weighted by Gasteiger charge is -1.92. The van der Waals surface area contributed by atoms with Crippen molar-refractivity contribution in [3.63, 3.8) is 0 Å². The number of pyridine rings is 1. The molecule has 1 aromatic rings. The fraction of sp³-hybridized carbons (Fsp3) is 0. The standard InChI is InChI=1S/C6H7ClN4/c7-5-2-1-4(3-10-5)11-6(8)9/h1-3H,(H4,8,9,11). The molecule has 4 N–H and O–H groups in total.